The highest BCUT2D eigenvalue weighted by atomic mass is 19.4. The fourth-order valence-electron chi connectivity index (χ4n) is 5.91. The number of carbonyl (C=O) groups is 1. The van der Waals surface area contributed by atoms with Gasteiger partial charge in [-0.2, -0.15) is 26.3 Å². The predicted molar refractivity (Wildman–Crippen MR) is 133 cm³/mol. The molecule has 2 aromatic carbocycles. The molecular weight excluding hydrogens is 506 g/mol. The number of benzene rings is 2. The maximum Gasteiger partial charge on any atom is 0.416 e. The van der Waals surface area contributed by atoms with Crippen LogP contribution >= 0.6 is 0 Å². The number of nitrogens with zero attached hydrogens (tertiary/aromatic N) is 1. The van der Waals surface area contributed by atoms with Gasteiger partial charge in [0.25, 0.3) is 0 Å². The number of halogens is 6. The lowest BCUT2D eigenvalue weighted by Crippen LogP contribution is -2.48. The molecule has 1 saturated heterocycles. The Labute approximate surface area is 219 Å². The van der Waals surface area contributed by atoms with Crippen molar-refractivity contribution in [2.45, 2.75) is 75.7 Å². The molecule has 38 heavy (non-hydrogen) atoms. The van der Waals surface area contributed by atoms with E-state index in [9.17, 15) is 31.1 Å². The van der Waals surface area contributed by atoms with Gasteiger partial charge in [-0.15, -0.1) is 0 Å². The summed E-state index contributed by atoms with van der Waals surface area (Å²) < 4.78 is 80.3. The van der Waals surface area contributed by atoms with Crippen LogP contribution < -0.4 is 5.32 Å². The van der Waals surface area contributed by atoms with Gasteiger partial charge in [-0.25, -0.2) is 0 Å². The third-order valence-electron chi connectivity index (χ3n) is 8.14. The molecule has 1 heterocycles. The van der Waals surface area contributed by atoms with Crippen LogP contribution in [0.15, 0.2) is 48.5 Å². The Morgan fingerprint density at radius 1 is 0.921 bits per heavy atom. The highest BCUT2D eigenvalue weighted by Gasteiger charge is 2.44. The molecule has 1 unspecified atom stereocenters. The Morgan fingerprint density at radius 2 is 1.47 bits per heavy atom. The summed E-state index contributed by atoms with van der Waals surface area (Å²) in [6.07, 6.45) is -3.43. The molecule has 1 saturated carbocycles. The van der Waals surface area contributed by atoms with Crippen molar-refractivity contribution in [2.75, 3.05) is 19.6 Å². The highest BCUT2D eigenvalue weighted by Crippen LogP contribution is 2.43. The monoisotopic (exact) mass is 540 g/mol. The zero-order chi connectivity index (χ0) is 27.6. The third-order valence-corrected chi connectivity index (χ3v) is 8.14. The van der Waals surface area contributed by atoms with E-state index in [0.29, 0.717) is 30.9 Å². The summed E-state index contributed by atoms with van der Waals surface area (Å²) in [4.78, 5) is 16.3. The molecule has 2 aromatic rings. The number of rotatable bonds is 6. The van der Waals surface area contributed by atoms with E-state index < -0.39 is 34.9 Å². The van der Waals surface area contributed by atoms with Crippen molar-refractivity contribution in [1.82, 2.24) is 10.2 Å². The van der Waals surface area contributed by atoms with E-state index in [1.54, 1.807) is 0 Å². The smallest absolute Gasteiger partial charge is 0.349 e. The molecular formula is C29H34F6N2O. The molecule has 4 rings (SSSR count). The van der Waals surface area contributed by atoms with E-state index in [1.165, 1.54) is 26.2 Å². The number of carbonyl (C=O) groups excluding carboxylic acids is 1. The molecule has 1 aliphatic carbocycles. The molecule has 1 atom stereocenters. The quantitative estimate of drug-likeness (QED) is 0.385. The summed E-state index contributed by atoms with van der Waals surface area (Å²) in [5, 5.41) is 2.77. The van der Waals surface area contributed by atoms with Gasteiger partial charge in [0.2, 0.25) is 5.91 Å². The van der Waals surface area contributed by atoms with Crippen LogP contribution in [-0.2, 0) is 22.6 Å². The first-order chi connectivity index (χ1) is 17.9. The zero-order valence-electron chi connectivity index (χ0n) is 21.5. The standard InChI is InChI=1S/C29H34F6N2O/c1-20(22-16-24(28(30,31)32)18-25(17-22)29(33,34)35)36-26(38)27(23-8-4-2-5-9-23)12-10-21(11-13-27)19-37-14-6-3-7-15-37/h2,4-5,8-9,16-18,20-21H,3,6-7,10-15,19H2,1H3,(H,36,38)/t20?,21-,27-. The van der Waals surface area contributed by atoms with Gasteiger partial charge in [-0.05, 0) is 93.8 Å². The summed E-state index contributed by atoms with van der Waals surface area (Å²) in [6, 6.07) is 9.72. The molecule has 3 nitrogen and oxygen atoms in total. The second-order valence-electron chi connectivity index (χ2n) is 10.8. The number of alkyl halides is 6. The number of amides is 1. The Morgan fingerprint density at radius 3 is 2.00 bits per heavy atom. The zero-order valence-corrected chi connectivity index (χ0v) is 21.5. The average molecular weight is 541 g/mol. The molecule has 0 radical (unpaired) electrons. The Kier molecular flexibility index (Phi) is 8.45. The molecule has 1 N–H and O–H groups in total. The van der Waals surface area contributed by atoms with Crippen molar-refractivity contribution in [3.63, 3.8) is 0 Å². The van der Waals surface area contributed by atoms with Gasteiger partial charge in [-0.1, -0.05) is 36.8 Å². The number of nitrogens with one attached hydrogen (secondary N) is 1. The van der Waals surface area contributed by atoms with Crippen molar-refractivity contribution in [3.05, 3.63) is 70.8 Å². The first kappa shape index (κ1) is 28.5. The minimum Gasteiger partial charge on any atom is -0.349 e. The van der Waals surface area contributed by atoms with Crippen molar-refractivity contribution in [3.8, 4) is 0 Å². The lowest BCUT2D eigenvalue weighted by atomic mass is 9.65. The van der Waals surface area contributed by atoms with Gasteiger partial charge in [-0.3, -0.25) is 4.79 Å². The number of likely N-dealkylation sites (tertiary alicyclic amines) is 1. The number of hydrogen-bond acceptors (Lipinski definition) is 2. The Hall–Kier alpha value is -2.55. The lowest BCUT2D eigenvalue weighted by molar-refractivity contribution is -0.143. The summed E-state index contributed by atoms with van der Waals surface area (Å²) in [7, 11) is 0. The molecule has 1 aliphatic heterocycles. The van der Waals surface area contributed by atoms with E-state index in [0.717, 1.165) is 38.0 Å². The maximum absolute atomic E-state index is 13.8. The van der Waals surface area contributed by atoms with Crippen molar-refractivity contribution in [1.29, 1.82) is 0 Å². The topological polar surface area (TPSA) is 32.3 Å². The van der Waals surface area contributed by atoms with Crippen LogP contribution in [0.4, 0.5) is 26.3 Å². The molecule has 9 heteroatoms. The molecule has 0 aromatic heterocycles. The molecule has 0 spiro atoms. The second kappa shape index (κ2) is 11.3. The normalized spacial score (nSPS) is 24.1. The minimum absolute atomic E-state index is 0.104. The number of hydrogen-bond donors (Lipinski definition) is 1. The van der Waals surface area contributed by atoms with Gasteiger partial charge in [0.05, 0.1) is 22.6 Å². The van der Waals surface area contributed by atoms with E-state index in [2.05, 4.69) is 10.2 Å². The van der Waals surface area contributed by atoms with Crippen LogP contribution in [0.25, 0.3) is 0 Å². The van der Waals surface area contributed by atoms with Crippen molar-refractivity contribution < 1.29 is 31.1 Å². The van der Waals surface area contributed by atoms with E-state index >= 15 is 0 Å². The molecule has 2 fully saturated rings. The van der Waals surface area contributed by atoms with Crippen molar-refractivity contribution >= 4 is 5.91 Å². The van der Waals surface area contributed by atoms with Crippen LogP contribution in [-0.4, -0.2) is 30.4 Å². The molecule has 0 bridgehead atoms. The Bertz CT molecular complexity index is 1050. The predicted octanol–water partition coefficient (Wildman–Crippen LogP) is 7.52. The highest BCUT2D eigenvalue weighted by molar-refractivity contribution is 5.88. The van der Waals surface area contributed by atoms with E-state index in [-0.39, 0.29) is 17.5 Å². The summed E-state index contributed by atoms with van der Waals surface area (Å²) in [5.41, 5.74) is -3.08. The molecule has 1 amide bonds. The van der Waals surface area contributed by atoms with Gasteiger partial charge in [0.15, 0.2) is 0 Å². The second-order valence-corrected chi connectivity index (χ2v) is 10.8. The summed E-state index contributed by atoms with van der Waals surface area (Å²) >= 11 is 0. The summed E-state index contributed by atoms with van der Waals surface area (Å²) in [6.45, 7) is 4.60. The molecule has 2 aliphatic rings. The van der Waals surface area contributed by atoms with Crippen LogP contribution in [0.3, 0.4) is 0 Å². The SMILES string of the molecule is CC(NC(=O)[C@]1(c2ccccc2)CC[C@@H](CN2CCCCC2)CC1)c1cc(C(F)(F)F)cc(C(F)(F)F)c1. The van der Waals surface area contributed by atoms with E-state index in [1.807, 2.05) is 30.3 Å². The van der Waals surface area contributed by atoms with E-state index in [4.69, 9.17) is 0 Å². The molecule has 208 valence electrons. The first-order valence-electron chi connectivity index (χ1n) is 13.3. The lowest BCUT2D eigenvalue weighted by Gasteiger charge is -2.41. The fraction of sp³-hybridized carbons (Fsp3) is 0.552. The minimum atomic E-state index is -4.95. The number of piperidine rings is 1. The van der Waals surface area contributed by atoms with Gasteiger partial charge in [0.1, 0.15) is 0 Å². The summed E-state index contributed by atoms with van der Waals surface area (Å²) in [5.74, 6) is 0.0894. The average Bonchev–Trinajstić information content (AvgIpc) is 2.89. The third kappa shape index (κ3) is 6.53. The van der Waals surface area contributed by atoms with Gasteiger partial charge in [0, 0.05) is 6.54 Å². The van der Waals surface area contributed by atoms with Crippen LogP contribution in [0, 0.1) is 5.92 Å². The largest absolute Gasteiger partial charge is 0.416 e. The fourth-order valence-corrected chi connectivity index (χ4v) is 5.91. The van der Waals surface area contributed by atoms with Gasteiger partial charge >= 0.3 is 12.4 Å². The first-order valence-corrected chi connectivity index (χ1v) is 13.3. The van der Waals surface area contributed by atoms with Crippen molar-refractivity contribution in [2.24, 2.45) is 5.92 Å². The van der Waals surface area contributed by atoms with Crippen LogP contribution in [0.2, 0.25) is 0 Å². The maximum atomic E-state index is 13.8. The van der Waals surface area contributed by atoms with Crippen LogP contribution in [0.1, 0.15) is 80.2 Å². The Balaban J connectivity index is 1.56. The van der Waals surface area contributed by atoms with Gasteiger partial charge < -0.3 is 10.2 Å². The van der Waals surface area contributed by atoms with Crippen LogP contribution in [0.5, 0.6) is 0 Å².